The van der Waals surface area contributed by atoms with Crippen LogP contribution in [0.1, 0.15) is 35.1 Å². The smallest absolute Gasteiger partial charge is 0.359 e. The average Bonchev–Trinajstić information content (AvgIpc) is 2.62. The number of esters is 1. The lowest BCUT2D eigenvalue weighted by molar-refractivity contribution is -0.127. The van der Waals surface area contributed by atoms with E-state index < -0.39 is 5.97 Å². The molecule has 0 atom stereocenters. The third-order valence-corrected chi connectivity index (χ3v) is 4.58. The predicted octanol–water partition coefficient (Wildman–Crippen LogP) is 4.01. The topological polar surface area (TPSA) is 59.0 Å². The van der Waals surface area contributed by atoms with E-state index in [1.54, 1.807) is 6.07 Å². The molecule has 1 heterocycles. The van der Waals surface area contributed by atoms with Crippen LogP contribution >= 0.6 is 0 Å². The summed E-state index contributed by atoms with van der Waals surface area (Å²) < 4.78 is 5.63. The zero-order chi connectivity index (χ0) is 18.8. The summed E-state index contributed by atoms with van der Waals surface area (Å²) in [5.41, 5.74) is 4.81. The van der Waals surface area contributed by atoms with E-state index >= 15 is 0 Å². The van der Waals surface area contributed by atoms with E-state index in [0.29, 0.717) is 11.4 Å². The maximum Gasteiger partial charge on any atom is 0.359 e. The molecule has 1 aliphatic rings. The second-order valence-corrected chi connectivity index (χ2v) is 6.63. The van der Waals surface area contributed by atoms with Crippen LogP contribution in [0.25, 0.3) is 0 Å². The molecule has 5 nitrogen and oxygen atoms in total. The van der Waals surface area contributed by atoms with Crippen molar-refractivity contribution in [1.29, 1.82) is 0 Å². The highest BCUT2D eigenvalue weighted by molar-refractivity contribution is 6.38. The molecule has 0 unspecified atom stereocenters. The molecule has 26 heavy (non-hydrogen) atoms. The minimum Gasteiger partial charge on any atom is -0.421 e. The van der Waals surface area contributed by atoms with Crippen molar-refractivity contribution in [3.05, 3.63) is 58.7 Å². The second kappa shape index (κ2) is 7.12. The molecule has 0 fully saturated rings. The molecule has 1 amide bonds. The van der Waals surface area contributed by atoms with Gasteiger partial charge in [-0.25, -0.2) is 9.80 Å². The van der Waals surface area contributed by atoms with Gasteiger partial charge in [-0.3, -0.25) is 4.79 Å². The molecule has 0 aliphatic carbocycles. The van der Waals surface area contributed by atoms with Crippen molar-refractivity contribution >= 4 is 23.3 Å². The Balaban J connectivity index is 1.89. The van der Waals surface area contributed by atoms with E-state index in [-0.39, 0.29) is 24.5 Å². The van der Waals surface area contributed by atoms with Crippen molar-refractivity contribution in [3.8, 4) is 5.75 Å². The van der Waals surface area contributed by atoms with Crippen LogP contribution in [-0.2, 0) is 9.59 Å². The van der Waals surface area contributed by atoms with Gasteiger partial charge in [-0.2, -0.15) is 5.10 Å². The number of amides is 1. The van der Waals surface area contributed by atoms with Gasteiger partial charge >= 0.3 is 5.97 Å². The lowest BCUT2D eigenvalue weighted by atomic mass is 10.1. The van der Waals surface area contributed by atoms with Crippen LogP contribution in [-0.4, -0.2) is 17.6 Å². The number of benzene rings is 2. The van der Waals surface area contributed by atoms with Gasteiger partial charge in [0.1, 0.15) is 11.5 Å². The third kappa shape index (κ3) is 3.52. The summed E-state index contributed by atoms with van der Waals surface area (Å²) in [6, 6.07) is 11.4. The Hall–Kier alpha value is -2.95. The lowest BCUT2D eigenvalue weighted by Crippen LogP contribution is -2.35. The average molecular weight is 350 g/mol. The van der Waals surface area contributed by atoms with Gasteiger partial charge in [-0.1, -0.05) is 24.3 Å². The van der Waals surface area contributed by atoms with Gasteiger partial charge in [0.2, 0.25) is 5.91 Å². The Kier molecular flexibility index (Phi) is 4.89. The quantitative estimate of drug-likeness (QED) is 0.621. The fourth-order valence-electron chi connectivity index (χ4n) is 2.90. The first-order valence-electron chi connectivity index (χ1n) is 8.63. The van der Waals surface area contributed by atoms with Crippen molar-refractivity contribution in [2.45, 2.75) is 40.5 Å². The van der Waals surface area contributed by atoms with Crippen molar-refractivity contribution in [2.24, 2.45) is 5.10 Å². The second-order valence-electron chi connectivity index (χ2n) is 6.63. The first-order chi connectivity index (χ1) is 12.4. The van der Waals surface area contributed by atoms with Gasteiger partial charge in [0.15, 0.2) is 0 Å². The van der Waals surface area contributed by atoms with Gasteiger partial charge in [0, 0.05) is 12.8 Å². The molecule has 2 aromatic rings. The molecule has 5 heteroatoms. The Bertz CT molecular complexity index is 915. The highest BCUT2D eigenvalue weighted by Gasteiger charge is 2.27. The number of aryl methyl sites for hydroxylation is 3. The van der Waals surface area contributed by atoms with Crippen LogP contribution in [0.15, 0.2) is 41.5 Å². The molecule has 3 rings (SSSR count). The largest absolute Gasteiger partial charge is 0.421 e. The molecule has 0 saturated carbocycles. The van der Waals surface area contributed by atoms with E-state index in [2.05, 4.69) is 5.10 Å². The van der Waals surface area contributed by atoms with Gasteiger partial charge in [-0.05, 0) is 62.1 Å². The molecule has 1 aliphatic heterocycles. The first-order valence-corrected chi connectivity index (χ1v) is 8.63. The summed E-state index contributed by atoms with van der Waals surface area (Å²) in [5, 5.41) is 5.57. The van der Waals surface area contributed by atoms with Crippen molar-refractivity contribution in [3.63, 3.8) is 0 Å². The zero-order valence-electron chi connectivity index (χ0n) is 15.5. The van der Waals surface area contributed by atoms with Crippen LogP contribution in [0, 0.1) is 27.7 Å². The van der Waals surface area contributed by atoms with Gasteiger partial charge < -0.3 is 4.74 Å². The van der Waals surface area contributed by atoms with Gasteiger partial charge in [0.25, 0.3) is 0 Å². The Morgan fingerprint density at radius 3 is 2.50 bits per heavy atom. The van der Waals surface area contributed by atoms with E-state index in [1.165, 1.54) is 5.01 Å². The van der Waals surface area contributed by atoms with Crippen LogP contribution in [0.2, 0.25) is 0 Å². The van der Waals surface area contributed by atoms with Crippen LogP contribution < -0.4 is 9.75 Å². The van der Waals surface area contributed by atoms with E-state index in [1.807, 2.05) is 58.0 Å². The molecular weight excluding hydrogens is 328 g/mol. The van der Waals surface area contributed by atoms with Crippen LogP contribution in [0.5, 0.6) is 5.75 Å². The standard InChI is InChI=1S/C21H22N2O3/c1-13-6-5-7-17(12-13)23-19(24)11-10-18(22-23)21(25)26-20-15(3)9-8-14(2)16(20)4/h5-9,12H,10-11H2,1-4H3. The van der Waals surface area contributed by atoms with Gasteiger partial charge in [0.05, 0.1) is 5.69 Å². The fourth-order valence-corrected chi connectivity index (χ4v) is 2.90. The maximum absolute atomic E-state index is 12.6. The van der Waals surface area contributed by atoms with Gasteiger partial charge in [-0.15, -0.1) is 0 Å². The first kappa shape index (κ1) is 17.9. The summed E-state index contributed by atoms with van der Waals surface area (Å²) >= 11 is 0. The molecule has 0 aromatic heterocycles. The molecule has 0 spiro atoms. The number of hydrazone groups is 1. The summed E-state index contributed by atoms with van der Waals surface area (Å²) in [6.07, 6.45) is 0.511. The highest BCUT2D eigenvalue weighted by Crippen LogP contribution is 2.27. The molecule has 134 valence electrons. The third-order valence-electron chi connectivity index (χ3n) is 4.58. The predicted molar refractivity (Wildman–Crippen MR) is 102 cm³/mol. The molecule has 0 saturated heterocycles. The Labute approximate surface area is 153 Å². The van der Waals surface area contributed by atoms with E-state index in [9.17, 15) is 9.59 Å². The highest BCUT2D eigenvalue weighted by atomic mass is 16.5. The SMILES string of the molecule is Cc1cccc(N2N=C(C(=O)Oc3c(C)ccc(C)c3C)CCC2=O)c1. The summed E-state index contributed by atoms with van der Waals surface area (Å²) in [5.74, 6) is -0.0706. The number of hydrogen-bond acceptors (Lipinski definition) is 4. The number of carbonyl (C=O) groups excluding carboxylic acids is 2. The Morgan fingerprint density at radius 1 is 1.04 bits per heavy atom. The lowest BCUT2D eigenvalue weighted by Gasteiger charge is -2.23. The number of nitrogens with zero attached hydrogens (tertiary/aromatic N) is 2. The minimum atomic E-state index is -0.507. The van der Waals surface area contributed by atoms with Crippen molar-refractivity contribution in [1.82, 2.24) is 0 Å². The van der Waals surface area contributed by atoms with Crippen LogP contribution in [0.4, 0.5) is 5.69 Å². The number of ether oxygens (including phenoxy) is 1. The molecular formula is C21H22N2O3. The molecule has 0 N–H and O–H groups in total. The number of anilines is 1. The van der Waals surface area contributed by atoms with Crippen LogP contribution in [0.3, 0.4) is 0 Å². The van der Waals surface area contributed by atoms with E-state index in [0.717, 1.165) is 22.3 Å². The maximum atomic E-state index is 12.6. The summed E-state index contributed by atoms with van der Waals surface area (Å²) in [7, 11) is 0. The van der Waals surface area contributed by atoms with Crippen molar-refractivity contribution < 1.29 is 14.3 Å². The number of rotatable bonds is 3. The zero-order valence-corrected chi connectivity index (χ0v) is 15.5. The summed E-state index contributed by atoms with van der Waals surface area (Å²) in [4.78, 5) is 24.9. The molecule has 0 radical (unpaired) electrons. The normalized spacial score (nSPS) is 14.2. The van der Waals surface area contributed by atoms with E-state index in [4.69, 9.17) is 4.74 Å². The molecule has 2 aromatic carbocycles. The minimum absolute atomic E-state index is 0.130. The molecule has 0 bridgehead atoms. The van der Waals surface area contributed by atoms with Crippen molar-refractivity contribution in [2.75, 3.05) is 5.01 Å². The summed E-state index contributed by atoms with van der Waals surface area (Å²) in [6.45, 7) is 7.75. The number of hydrogen-bond donors (Lipinski definition) is 0. The fraction of sp³-hybridized carbons (Fsp3) is 0.286. The monoisotopic (exact) mass is 350 g/mol. The number of carbonyl (C=O) groups is 2. The Morgan fingerprint density at radius 2 is 1.77 bits per heavy atom.